The van der Waals surface area contributed by atoms with E-state index in [-0.39, 0.29) is 0 Å². The second-order valence-corrected chi connectivity index (χ2v) is 16.4. The second kappa shape index (κ2) is 15.5. The van der Waals surface area contributed by atoms with Crippen LogP contribution in [0.3, 0.4) is 0 Å². The van der Waals surface area contributed by atoms with Crippen LogP contribution in [0.25, 0.3) is 77.4 Å². The van der Waals surface area contributed by atoms with Crippen molar-refractivity contribution in [1.82, 2.24) is 14.5 Å². The highest BCUT2D eigenvalue weighted by Gasteiger charge is 2.46. The predicted molar refractivity (Wildman–Crippen MR) is 263 cm³/mol. The fourth-order valence-electron chi connectivity index (χ4n) is 9.78. The summed E-state index contributed by atoms with van der Waals surface area (Å²) in [6, 6.07) is 80.3. The van der Waals surface area contributed by atoms with E-state index in [2.05, 4.69) is 185 Å². The number of fused-ring (bicyclic) bond motifs is 5. The zero-order valence-electron chi connectivity index (χ0n) is 35.1. The molecule has 9 aromatic carbocycles. The fourth-order valence-corrected chi connectivity index (χ4v) is 9.78. The number of rotatable bonds is 7. The van der Waals surface area contributed by atoms with E-state index in [0.29, 0.717) is 11.5 Å². The lowest BCUT2D eigenvalue weighted by molar-refractivity contribution is 0.435. The SMILES string of the molecule is [C-]#[N+]c1ccc2c(c1)c1cc(-c3ccc4c(c3)C(c3ccccc3)(c3ccccc3)c3cc(-c5nc(-c6ccccc6)cc(-c6ccccc6)n5)ccc3O4)ccc1n2-c1ccccc1. The molecule has 0 saturated carbocycles. The van der Waals surface area contributed by atoms with E-state index in [1.54, 1.807) is 0 Å². The summed E-state index contributed by atoms with van der Waals surface area (Å²) in [5, 5.41) is 2.12. The molecule has 0 atom stereocenters. The molecular formula is C60H38N4O. The highest BCUT2D eigenvalue weighted by molar-refractivity contribution is 6.11. The van der Waals surface area contributed by atoms with Crippen LogP contribution >= 0.6 is 0 Å². The van der Waals surface area contributed by atoms with Crippen LogP contribution in [0.2, 0.25) is 0 Å². The molecule has 0 radical (unpaired) electrons. The standard InChI is InChI=1S/C60H38N4O/c1-61-47-30-32-56-50(38-47)49-35-42(27-31-55(49)64(56)48-25-15-6-16-26-48)43-28-33-57-51(36-43)60(45-21-11-4-12-22-45,46-23-13-5-14-24-46)52-37-44(29-34-58(52)65-57)59-62-53(40-17-7-2-8-18-40)39-54(63-59)41-19-9-3-10-20-41/h2-39H. The molecule has 0 spiro atoms. The molecule has 0 N–H and O–H groups in total. The molecule has 1 aliphatic rings. The van der Waals surface area contributed by atoms with Gasteiger partial charge in [-0.2, -0.15) is 0 Å². The lowest BCUT2D eigenvalue weighted by atomic mass is 9.63. The van der Waals surface area contributed by atoms with Crippen LogP contribution in [-0.4, -0.2) is 14.5 Å². The number of aromatic nitrogens is 3. The first-order valence-corrected chi connectivity index (χ1v) is 21.8. The summed E-state index contributed by atoms with van der Waals surface area (Å²) >= 11 is 0. The Hall–Kier alpha value is -8.85. The van der Waals surface area contributed by atoms with Crippen molar-refractivity contribution in [3.63, 3.8) is 0 Å². The largest absolute Gasteiger partial charge is 0.457 e. The monoisotopic (exact) mass is 830 g/mol. The molecule has 0 saturated heterocycles. The summed E-state index contributed by atoms with van der Waals surface area (Å²) in [6.45, 7) is 7.85. The third kappa shape index (κ3) is 6.31. The number of hydrogen-bond acceptors (Lipinski definition) is 3. The Bertz CT molecular complexity index is 3520. The number of nitrogens with zero attached hydrogens (tertiary/aromatic N) is 4. The highest BCUT2D eigenvalue weighted by Crippen LogP contribution is 2.56. The maximum atomic E-state index is 7.85. The Morgan fingerprint density at radius 1 is 0.415 bits per heavy atom. The van der Waals surface area contributed by atoms with Gasteiger partial charge in [0.1, 0.15) is 11.5 Å². The van der Waals surface area contributed by atoms with Crippen LogP contribution < -0.4 is 4.74 Å². The average Bonchev–Trinajstić information content (AvgIpc) is 3.71. The maximum Gasteiger partial charge on any atom is 0.188 e. The molecular weight excluding hydrogens is 793 g/mol. The van der Waals surface area contributed by atoms with E-state index < -0.39 is 5.41 Å². The van der Waals surface area contributed by atoms with E-state index in [9.17, 15) is 0 Å². The molecule has 5 heteroatoms. The molecule has 1 aliphatic heterocycles. The number of hydrogen-bond donors (Lipinski definition) is 0. The normalized spacial score (nSPS) is 12.5. The smallest absolute Gasteiger partial charge is 0.188 e. The lowest BCUT2D eigenvalue weighted by Crippen LogP contribution is -2.34. The van der Waals surface area contributed by atoms with Crippen LogP contribution in [-0.2, 0) is 5.41 Å². The predicted octanol–water partition coefficient (Wildman–Crippen LogP) is 15.3. The van der Waals surface area contributed by atoms with Crippen molar-refractivity contribution in [2.24, 2.45) is 0 Å². The third-order valence-electron chi connectivity index (χ3n) is 12.7. The summed E-state index contributed by atoms with van der Waals surface area (Å²) in [5.74, 6) is 2.20. The zero-order chi connectivity index (χ0) is 43.3. The first-order valence-electron chi connectivity index (χ1n) is 21.8. The molecule has 0 unspecified atom stereocenters. The minimum Gasteiger partial charge on any atom is -0.457 e. The minimum absolute atomic E-state index is 0.614. The average molecular weight is 831 g/mol. The van der Waals surface area contributed by atoms with Gasteiger partial charge < -0.3 is 9.30 Å². The molecule has 3 heterocycles. The Balaban J connectivity index is 1.09. The molecule has 12 rings (SSSR count). The maximum absolute atomic E-state index is 7.85. The quantitative estimate of drug-likeness (QED) is 0.150. The van der Waals surface area contributed by atoms with Crippen molar-refractivity contribution < 1.29 is 4.74 Å². The van der Waals surface area contributed by atoms with Gasteiger partial charge in [-0.3, -0.25) is 0 Å². The zero-order valence-corrected chi connectivity index (χ0v) is 35.1. The molecule has 0 amide bonds. The summed E-state index contributed by atoms with van der Waals surface area (Å²) in [5.41, 5.74) is 14.0. The van der Waals surface area contributed by atoms with E-state index in [0.717, 1.165) is 100 Å². The van der Waals surface area contributed by atoms with Crippen molar-refractivity contribution >= 4 is 27.5 Å². The van der Waals surface area contributed by atoms with E-state index in [4.69, 9.17) is 21.3 Å². The molecule has 5 nitrogen and oxygen atoms in total. The molecule has 65 heavy (non-hydrogen) atoms. The van der Waals surface area contributed by atoms with Gasteiger partial charge in [0.05, 0.1) is 34.4 Å². The molecule has 304 valence electrons. The van der Waals surface area contributed by atoms with Crippen LogP contribution in [0.5, 0.6) is 11.5 Å². The first-order chi connectivity index (χ1) is 32.2. The van der Waals surface area contributed by atoms with Gasteiger partial charge in [-0.1, -0.05) is 158 Å². The van der Waals surface area contributed by atoms with E-state index in [1.807, 2.05) is 54.6 Å². The van der Waals surface area contributed by atoms with Gasteiger partial charge in [0.15, 0.2) is 11.5 Å². The Labute approximate surface area is 377 Å². The van der Waals surface area contributed by atoms with Crippen LogP contribution in [0, 0.1) is 6.57 Å². The molecule has 0 fully saturated rings. The molecule has 2 aromatic heterocycles. The molecule has 0 bridgehead atoms. The van der Waals surface area contributed by atoms with Gasteiger partial charge in [0, 0.05) is 38.9 Å². The van der Waals surface area contributed by atoms with Gasteiger partial charge in [-0.05, 0) is 100 Å². The van der Waals surface area contributed by atoms with E-state index >= 15 is 0 Å². The van der Waals surface area contributed by atoms with Crippen LogP contribution in [0.4, 0.5) is 5.69 Å². The highest BCUT2D eigenvalue weighted by atomic mass is 16.5. The van der Waals surface area contributed by atoms with Crippen molar-refractivity contribution in [3.05, 3.63) is 264 Å². The van der Waals surface area contributed by atoms with Crippen LogP contribution in [0.1, 0.15) is 22.3 Å². The van der Waals surface area contributed by atoms with Crippen molar-refractivity contribution in [2.45, 2.75) is 5.41 Å². The minimum atomic E-state index is -0.797. The third-order valence-corrected chi connectivity index (χ3v) is 12.7. The number of benzene rings is 9. The summed E-state index contributed by atoms with van der Waals surface area (Å²) in [4.78, 5) is 14.3. The summed E-state index contributed by atoms with van der Waals surface area (Å²) in [7, 11) is 0. The van der Waals surface area contributed by atoms with Gasteiger partial charge in [0.2, 0.25) is 0 Å². The number of ether oxygens (including phenoxy) is 1. The summed E-state index contributed by atoms with van der Waals surface area (Å²) in [6.07, 6.45) is 0. The van der Waals surface area contributed by atoms with Gasteiger partial charge >= 0.3 is 0 Å². The topological polar surface area (TPSA) is 44.3 Å². The number of para-hydroxylation sites is 1. The van der Waals surface area contributed by atoms with Gasteiger partial charge in [0.25, 0.3) is 0 Å². The first kappa shape index (κ1) is 37.9. The molecule has 0 aliphatic carbocycles. The van der Waals surface area contributed by atoms with E-state index in [1.165, 1.54) is 0 Å². The second-order valence-electron chi connectivity index (χ2n) is 16.4. The van der Waals surface area contributed by atoms with Gasteiger partial charge in [-0.25, -0.2) is 14.8 Å². The Kier molecular flexibility index (Phi) is 9.03. The fraction of sp³-hybridized carbons (Fsp3) is 0.0167. The van der Waals surface area contributed by atoms with Crippen molar-refractivity contribution in [2.75, 3.05) is 0 Å². The summed E-state index contributed by atoms with van der Waals surface area (Å²) < 4.78 is 9.26. The lowest BCUT2D eigenvalue weighted by Gasteiger charge is -2.42. The molecule has 11 aromatic rings. The Morgan fingerprint density at radius 3 is 1.45 bits per heavy atom. The Morgan fingerprint density at radius 2 is 0.877 bits per heavy atom. The van der Waals surface area contributed by atoms with Crippen molar-refractivity contribution in [1.29, 1.82) is 0 Å². The van der Waals surface area contributed by atoms with Gasteiger partial charge in [-0.15, -0.1) is 0 Å². The van der Waals surface area contributed by atoms with Crippen molar-refractivity contribution in [3.8, 4) is 62.2 Å². The van der Waals surface area contributed by atoms with Crippen LogP contribution in [0.15, 0.2) is 231 Å².